The summed E-state index contributed by atoms with van der Waals surface area (Å²) >= 11 is 0. The minimum absolute atomic E-state index is 0.0821. The molecule has 0 aliphatic heterocycles. The average Bonchev–Trinajstić information content (AvgIpc) is 2.79. The number of ether oxygens (including phenoxy) is 1. The second kappa shape index (κ2) is 7.48. The number of urea groups is 1. The van der Waals surface area contributed by atoms with Crippen molar-refractivity contribution in [1.82, 2.24) is 9.47 Å². The zero-order valence-electron chi connectivity index (χ0n) is 13.1. The third-order valence-electron chi connectivity index (χ3n) is 3.06. The lowest BCUT2D eigenvalue weighted by atomic mass is 10.2. The lowest BCUT2D eigenvalue weighted by molar-refractivity contribution is -0.141. The molecule has 22 heavy (non-hydrogen) atoms. The molecule has 0 fully saturated rings. The molecule has 0 saturated heterocycles. The Morgan fingerprint density at radius 3 is 2.64 bits per heavy atom. The summed E-state index contributed by atoms with van der Waals surface area (Å²) in [7, 11) is 3.17. The number of hydrogen-bond acceptors (Lipinski definition) is 4. The number of carbonyl (C=O) groups excluding carboxylic acids is 2. The van der Waals surface area contributed by atoms with Crippen LogP contribution >= 0.6 is 0 Å². The number of amides is 2. The summed E-state index contributed by atoms with van der Waals surface area (Å²) in [5, 5.41) is 11.5. The third-order valence-corrected chi connectivity index (χ3v) is 3.06. The second-order valence-electron chi connectivity index (χ2n) is 5.00. The van der Waals surface area contributed by atoms with Crippen LogP contribution in [-0.2, 0) is 16.6 Å². The van der Waals surface area contributed by atoms with Gasteiger partial charge in [-0.15, -0.1) is 0 Å². The van der Waals surface area contributed by atoms with Crippen molar-refractivity contribution in [2.75, 3.05) is 25.5 Å². The first-order valence-corrected chi connectivity index (χ1v) is 6.84. The molecule has 1 aromatic rings. The van der Waals surface area contributed by atoms with Crippen molar-refractivity contribution < 1.29 is 24.2 Å². The minimum atomic E-state index is -0.969. The van der Waals surface area contributed by atoms with E-state index >= 15 is 0 Å². The highest BCUT2D eigenvalue weighted by Gasteiger charge is 2.19. The number of nitrogens with zero attached hydrogens (tertiary/aromatic N) is 2. The Kier molecular flexibility index (Phi) is 5.97. The molecule has 1 atom stereocenters. The van der Waals surface area contributed by atoms with Gasteiger partial charge in [-0.05, 0) is 13.0 Å². The van der Waals surface area contributed by atoms with Crippen LogP contribution in [0.25, 0.3) is 0 Å². The molecule has 1 unspecified atom stereocenters. The summed E-state index contributed by atoms with van der Waals surface area (Å²) in [6.45, 7) is 3.58. The van der Waals surface area contributed by atoms with Gasteiger partial charge in [-0.2, -0.15) is 0 Å². The van der Waals surface area contributed by atoms with Crippen LogP contribution in [0, 0.1) is 5.92 Å². The van der Waals surface area contributed by atoms with Crippen molar-refractivity contribution >= 4 is 23.7 Å². The molecule has 1 heterocycles. The van der Waals surface area contributed by atoms with Crippen LogP contribution in [0.1, 0.15) is 24.3 Å². The van der Waals surface area contributed by atoms with E-state index in [2.05, 4.69) is 5.32 Å². The molecule has 0 bridgehead atoms. The van der Waals surface area contributed by atoms with Gasteiger partial charge < -0.3 is 24.6 Å². The summed E-state index contributed by atoms with van der Waals surface area (Å²) < 4.78 is 6.45. The van der Waals surface area contributed by atoms with Crippen LogP contribution in [0.2, 0.25) is 0 Å². The Morgan fingerprint density at radius 1 is 1.45 bits per heavy atom. The van der Waals surface area contributed by atoms with Gasteiger partial charge in [0.05, 0.1) is 18.2 Å². The predicted octanol–water partition coefficient (Wildman–Crippen LogP) is 1.39. The summed E-state index contributed by atoms with van der Waals surface area (Å²) in [4.78, 5) is 35.7. The number of carbonyl (C=O) groups is 3. The summed E-state index contributed by atoms with van der Waals surface area (Å²) in [5.41, 5.74) is 0.754. The van der Waals surface area contributed by atoms with E-state index in [4.69, 9.17) is 9.84 Å². The fraction of sp³-hybridized carbons (Fsp3) is 0.500. The highest BCUT2D eigenvalue weighted by atomic mass is 16.5. The Balaban J connectivity index is 2.70. The summed E-state index contributed by atoms with van der Waals surface area (Å²) in [6.07, 6.45) is 1.58. The molecular weight excluding hydrogens is 290 g/mol. The third kappa shape index (κ3) is 4.51. The summed E-state index contributed by atoms with van der Waals surface area (Å²) in [5.74, 6) is -2.11. The normalized spacial score (nSPS) is 11.6. The van der Waals surface area contributed by atoms with Gasteiger partial charge >= 0.3 is 18.0 Å². The van der Waals surface area contributed by atoms with E-state index < -0.39 is 23.9 Å². The minimum Gasteiger partial charge on any atom is -0.481 e. The Bertz CT molecular complexity index is 567. The van der Waals surface area contributed by atoms with Crippen LogP contribution in [0.3, 0.4) is 0 Å². The number of carboxylic acids is 1. The largest absolute Gasteiger partial charge is 0.481 e. The monoisotopic (exact) mass is 311 g/mol. The van der Waals surface area contributed by atoms with E-state index in [1.807, 2.05) is 0 Å². The second-order valence-corrected chi connectivity index (χ2v) is 5.00. The van der Waals surface area contributed by atoms with Gasteiger partial charge in [0, 0.05) is 26.8 Å². The Hall–Kier alpha value is -2.51. The molecule has 0 saturated carbocycles. The fourth-order valence-electron chi connectivity index (χ4n) is 1.83. The van der Waals surface area contributed by atoms with Crippen molar-refractivity contribution in [2.24, 2.45) is 13.0 Å². The van der Waals surface area contributed by atoms with E-state index in [0.717, 1.165) is 0 Å². The molecule has 0 spiro atoms. The molecule has 1 aromatic heterocycles. The molecule has 1 rings (SSSR count). The maximum Gasteiger partial charge on any atom is 0.355 e. The van der Waals surface area contributed by atoms with Crippen molar-refractivity contribution in [3.05, 3.63) is 18.0 Å². The number of rotatable bonds is 6. The standard InChI is InChI=1S/C14H21N3O5/c1-5-22-13(20)11-6-10(8-16(11)3)15-14(21)17(4)7-9(2)12(18)19/h6,8-9H,5,7H2,1-4H3,(H,15,21)(H,18,19). The highest BCUT2D eigenvalue weighted by Crippen LogP contribution is 2.14. The van der Waals surface area contributed by atoms with E-state index in [9.17, 15) is 14.4 Å². The van der Waals surface area contributed by atoms with E-state index in [0.29, 0.717) is 11.4 Å². The van der Waals surface area contributed by atoms with Crippen LogP contribution < -0.4 is 5.32 Å². The van der Waals surface area contributed by atoms with Gasteiger partial charge in [0.1, 0.15) is 5.69 Å². The zero-order chi connectivity index (χ0) is 16.9. The molecular formula is C14H21N3O5. The van der Waals surface area contributed by atoms with Gasteiger partial charge in [0.15, 0.2) is 0 Å². The smallest absolute Gasteiger partial charge is 0.355 e. The molecule has 8 nitrogen and oxygen atoms in total. The number of aromatic nitrogens is 1. The molecule has 8 heteroatoms. The van der Waals surface area contributed by atoms with Gasteiger partial charge in [-0.25, -0.2) is 9.59 Å². The fourth-order valence-corrected chi connectivity index (χ4v) is 1.83. The maximum atomic E-state index is 12.0. The number of hydrogen-bond donors (Lipinski definition) is 2. The first kappa shape index (κ1) is 17.5. The molecule has 2 N–H and O–H groups in total. The van der Waals surface area contributed by atoms with Gasteiger partial charge in [-0.3, -0.25) is 4.79 Å². The van der Waals surface area contributed by atoms with Crippen LogP contribution in [-0.4, -0.2) is 52.7 Å². The number of esters is 1. The average molecular weight is 311 g/mol. The molecule has 0 radical (unpaired) electrons. The molecule has 0 aliphatic rings. The maximum absolute atomic E-state index is 12.0. The number of aryl methyl sites for hydroxylation is 1. The van der Waals surface area contributed by atoms with Crippen molar-refractivity contribution in [1.29, 1.82) is 0 Å². The van der Waals surface area contributed by atoms with E-state index in [1.165, 1.54) is 24.9 Å². The van der Waals surface area contributed by atoms with Gasteiger partial charge in [-0.1, -0.05) is 6.92 Å². The highest BCUT2D eigenvalue weighted by molar-refractivity contribution is 5.93. The summed E-state index contributed by atoms with van der Waals surface area (Å²) in [6, 6.07) is 1.05. The Morgan fingerprint density at radius 2 is 2.09 bits per heavy atom. The van der Waals surface area contributed by atoms with E-state index in [1.54, 1.807) is 24.7 Å². The number of aliphatic carboxylic acids is 1. The van der Waals surface area contributed by atoms with Crippen molar-refractivity contribution in [3.63, 3.8) is 0 Å². The van der Waals surface area contributed by atoms with Gasteiger partial charge in [0.2, 0.25) is 0 Å². The first-order valence-electron chi connectivity index (χ1n) is 6.84. The van der Waals surface area contributed by atoms with E-state index in [-0.39, 0.29) is 13.2 Å². The molecule has 122 valence electrons. The molecule has 0 aliphatic carbocycles. The van der Waals surface area contributed by atoms with Gasteiger partial charge in [0.25, 0.3) is 0 Å². The van der Waals surface area contributed by atoms with Crippen LogP contribution in [0.15, 0.2) is 12.3 Å². The van der Waals surface area contributed by atoms with Crippen LogP contribution in [0.5, 0.6) is 0 Å². The van der Waals surface area contributed by atoms with Crippen LogP contribution in [0.4, 0.5) is 10.5 Å². The van der Waals surface area contributed by atoms with Crippen molar-refractivity contribution in [2.45, 2.75) is 13.8 Å². The SMILES string of the molecule is CCOC(=O)c1cc(NC(=O)N(C)CC(C)C(=O)O)cn1C. The molecule has 0 aromatic carbocycles. The lowest BCUT2D eigenvalue weighted by Crippen LogP contribution is -2.36. The Labute approximate surface area is 128 Å². The number of anilines is 1. The number of nitrogens with one attached hydrogen (secondary N) is 1. The van der Waals surface area contributed by atoms with Crippen molar-refractivity contribution in [3.8, 4) is 0 Å². The first-order chi connectivity index (χ1) is 10.3. The lowest BCUT2D eigenvalue weighted by Gasteiger charge is -2.19. The predicted molar refractivity (Wildman–Crippen MR) is 79.8 cm³/mol. The molecule has 2 amide bonds. The zero-order valence-corrected chi connectivity index (χ0v) is 13.1. The number of carboxylic acid groups (broad SMARTS) is 1. The quantitative estimate of drug-likeness (QED) is 0.773. The topological polar surface area (TPSA) is 101 Å².